The van der Waals surface area contributed by atoms with Gasteiger partial charge in [-0.3, -0.25) is 4.68 Å². The molecule has 1 N–H and O–H groups in total. The van der Waals surface area contributed by atoms with Gasteiger partial charge in [0.2, 0.25) is 0 Å². The van der Waals surface area contributed by atoms with Crippen LogP contribution in [0.25, 0.3) is 0 Å². The molecule has 0 radical (unpaired) electrons. The van der Waals surface area contributed by atoms with E-state index in [4.69, 9.17) is 9.47 Å². The molecule has 2 rings (SSSR count). The van der Waals surface area contributed by atoms with Crippen LogP contribution < -0.4 is 5.32 Å². The molecule has 1 amide bonds. The molecule has 1 aliphatic heterocycles. The highest BCUT2D eigenvalue weighted by atomic mass is 16.6. The molecule has 0 aromatic carbocycles. The van der Waals surface area contributed by atoms with E-state index in [2.05, 4.69) is 10.4 Å². The molecular formula is C10H13N3O4. The number of rotatable bonds is 3. The van der Waals surface area contributed by atoms with E-state index in [0.717, 1.165) is 0 Å². The maximum absolute atomic E-state index is 11.7. The summed E-state index contributed by atoms with van der Waals surface area (Å²) in [6, 6.07) is -0.351. The maximum atomic E-state index is 11.7. The summed E-state index contributed by atoms with van der Waals surface area (Å²) in [5, 5.41) is 6.63. The van der Waals surface area contributed by atoms with Gasteiger partial charge in [0, 0.05) is 18.8 Å². The Bertz CT molecular complexity index is 454. The molecule has 7 heteroatoms. The molecule has 1 atom stereocenters. The van der Waals surface area contributed by atoms with Crippen LogP contribution in [0.5, 0.6) is 0 Å². The second-order valence-electron chi connectivity index (χ2n) is 3.62. The van der Waals surface area contributed by atoms with Gasteiger partial charge in [-0.15, -0.1) is 0 Å². The number of hydrogen-bond donors (Lipinski definition) is 1. The Hall–Kier alpha value is -2.05. The van der Waals surface area contributed by atoms with E-state index in [9.17, 15) is 9.59 Å². The number of alkyl carbamates (subject to hydrolysis) is 1. The normalized spacial score (nSPS) is 18.7. The number of nitrogens with zero attached hydrogens (tertiary/aromatic N) is 2. The van der Waals surface area contributed by atoms with Crippen LogP contribution in [0, 0.1) is 0 Å². The lowest BCUT2D eigenvalue weighted by Crippen LogP contribution is -2.20. The SMILES string of the molecule is CCOC(=O)c1nn(C)cc1C1COC(=O)N1. The number of nitrogens with one attached hydrogen (secondary N) is 1. The Kier molecular flexibility index (Phi) is 2.99. The van der Waals surface area contributed by atoms with E-state index in [0.29, 0.717) is 5.56 Å². The van der Waals surface area contributed by atoms with Crippen LogP contribution in [0.3, 0.4) is 0 Å². The molecule has 92 valence electrons. The summed E-state index contributed by atoms with van der Waals surface area (Å²) in [6.07, 6.45) is 1.18. The first-order valence-electron chi connectivity index (χ1n) is 5.25. The van der Waals surface area contributed by atoms with Crippen molar-refractivity contribution in [1.29, 1.82) is 0 Å². The van der Waals surface area contributed by atoms with E-state index >= 15 is 0 Å². The predicted molar refractivity (Wildman–Crippen MR) is 56.4 cm³/mol. The van der Waals surface area contributed by atoms with Crippen molar-refractivity contribution in [2.75, 3.05) is 13.2 Å². The van der Waals surface area contributed by atoms with Crippen molar-refractivity contribution in [1.82, 2.24) is 15.1 Å². The van der Waals surface area contributed by atoms with Crippen LogP contribution in [0.4, 0.5) is 4.79 Å². The lowest BCUT2D eigenvalue weighted by Gasteiger charge is -2.06. The lowest BCUT2D eigenvalue weighted by molar-refractivity contribution is 0.0516. The fourth-order valence-corrected chi connectivity index (χ4v) is 1.67. The number of hydrogen-bond acceptors (Lipinski definition) is 5. The zero-order chi connectivity index (χ0) is 12.4. The molecule has 2 heterocycles. The van der Waals surface area contributed by atoms with E-state index in [1.807, 2.05) is 0 Å². The fourth-order valence-electron chi connectivity index (χ4n) is 1.67. The number of cyclic esters (lactones) is 1. The summed E-state index contributed by atoms with van der Waals surface area (Å²) in [5.74, 6) is -0.496. The Balaban J connectivity index is 2.27. The van der Waals surface area contributed by atoms with Gasteiger partial charge in [-0.1, -0.05) is 0 Å². The number of amides is 1. The molecule has 1 aromatic heterocycles. The molecule has 1 saturated heterocycles. The minimum absolute atomic E-state index is 0.191. The highest BCUT2D eigenvalue weighted by Crippen LogP contribution is 2.21. The second-order valence-corrected chi connectivity index (χ2v) is 3.62. The number of carbonyl (C=O) groups excluding carboxylic acids is 2. The first-order valence-corrected chi connectivity index (χ1v) is 5.25. The van der Waals surface area contributed by atoms with Gasteiger partial charge in [-0.05, 0) is 6.92 Å². The van der Waals surface area contributed by atoms with Crippen LogP contribution in [0.15, 0.2) is 6.20 Å². The van der Waals surface area contributed by atoms with E-state index < -0.39 is 12.1 Å². The molecule has 7 nitrogen and oxygen atoms in total. The minimum atomic E-state index is -0.496. The number of esters is 1. The van der Waals surface area contributed by atoms with Gasteiger partial charge >= 0.3 is 12.1 Å². The molecule has 0 aliphatic carbocycles. The predicted octanol–water partition coefficient (Wildman–Crippen LogP) is 0.378. The summed E-state index contributed by atoms with van der Waals surface area (Å²) >= 11 is 0. The molecule has 17 heavy (non-hydrogen) atoms. The minimum Gasteiger partial charge on any atom is -0.461 e. The summed E-state index contributed by atoms with van der Waals surface area (Å²) in [7, 11) is 1.70. The van der Waals surface area contributed by atoms with Gasteiger partial charge in [-0.2, -0.15) is 5.10 Å². The first-order chi connectivity index (χ1) is 8.11. The van der Waals surface area contributed by atoms with Gasteiger partial charge in [-0.25, -0.2) is 9.59 Å². The number of aryl methyl sites for hydroxylation is 1. The van der Waals surface area contributed by atoms with Crippen LogP contribution >= 0.6 is 0 Å². The standard InChI is InChI=1S/C10H13N3O4/c1-3-16-9(14)8-6(4-13(2)12-8)7-5-17-10(15)11-7/h4,7H,3,5H2,1-2H3,(H,11,15). The Morgan fingerprint density at radius 2 is 2.53 bits per heavy atom. The van der Waals surface area contributed by atoms with Crippen molar-refractivity contribution in [3.05, 3.63) is 17.5 Å². The molecule has 1 aromatic rings. The summed E-state index contributed by atoms with van der Waals surface area (Å²) in [4.78, 5) is 22.6. The highest BCUT2D eigenvalue weighted by Gasteiger charge is 2.30. The zero-order valence-corrected chi connectivity index (χ0v) is 9.60. The quantitative estimate of drug-likeness (QED) is 0.771. The largest absolute Gasteiger partial charge is 0.461 e. The average molecular weight is 239 g/mol. The molecular weight excluding hydrogens is 226 g/mol. The number of ether oxygens (including phenoxy) is 2. The monoisotopic (exact) mass is 239 g/mol. The van der Waals surface area contributed by atoms with Gasteiger partial charge in [0.1, 0.15) is 6.61 Å². The number of carbonyl (C=O) groups is 2. The average Bonchev–Trinajstić information content (AvgIpc) is 2.84. The zero-order valence-electron chi connectivity index (χ0n) is 9.60. The van der Waals surface area contributed by atoms with Crippen LogP contribution in [0.2, 0.25) is 0 Å². The van der Waals surface area contributed by atoms with Gasteiger partial charge in [0.15, 0.2) is 5.69 Å². The van der Waals surface area contributed by atoms with Crippen molar-refractivity contribution in [3.8, 4) is 0 Å². The third kappa shape index (κ3) is 2.22. The summed E-state index contributed by atoms with van der Waals surface area (Å²) < 4.78 is 11.2. The lowest BCUT2D eigenvalue weighted by atomic mass is 10.1. The van der Waals surface area contributed by atoms with Crippen molar-refractivity contribution in [2.24, 2.45) is 7.05 Å². The third-order valence-corrected chi connectivity index (χ3v) is 2.37. The van der Waals surface area contributed by atoms with E-state index in [1.165, 1.54) is 4.68 Å². The summed E-state index contributed by atoms with van der Waals surface area (Å²) in [5.41, 5.74) is 0.821. The molecule has 1 unspecified atom stereocenters. The Morgan fingerprint density at radius 1 is 1.76 bits per heavy atom. The molecule has 0 spiro atoms. The van der Waals surface area contributed by atoms with Gasteiger partial charge in [0.05, 0.1) is 12.6 Å². The highest BCUT2D eigenvalue weighted by molar-refractivity contribution is 5.89. The van der Waals surface area contributed by atoms with Crippen molar-refractivity contribution in [2.45, 2.75) is 13.0 Å². The first kappa shape index (κ1) is 11.4. The van der Waals surface area contributed by atoms with Crippen molar-refractivity contribution < 1.29 is 19.1 Å². The van der Waals surface area contributed by atoms with Crippen LogP contribution in [-0.4, -0.2) is 35.1 Å². The van der Waals surface area contributed by atoms with Gasteiger partial charge < -0.3 is 14.8 Å². The topological polar surface area (TPSA) is 82.4 Å². The van der Waals surface area contributed by atoms with Crippen molar-refractivity contribution in [3.63, 3.8) is 0 Å². The molecule has 1 fully saturated rings. The Labute approximate surface area is 97.7 Å². The fraction of sp³-hybridized carbons (Fsp3) is 0.500. The smallest absolute Gasteiger partial charge is 0.407 e. The number of aromatic nitrogens is 2. The molecule has 1 aliphatic rings. The van der Waals surface area contributed by atoms with E-state index in [1.54, 1.807) is 20.2 Å². The summed E-state index contributed by atoms with van der Waals surface area (Å²) in [6.45, 7) is 2.19. The van der Waals surface area contributed by atoms with Crippen LogP contribution in [-0.2, 0) is 16.5 Å². The van der Waals surface area contributed by atoms with Gasteiger partial charge in [0.25, 0.3) is 0 Å². The molecule has 0 saturated carbocycles. The Morgan fingerprint density at radius 3 is 3.12 bits per heavy atom. The molecule has 0 bridgehead atoms. The third-order valence-electron chi connectivity index (χ3n) is 2.37. The second kappa shape index (κ2) is 4.44. The van der Waals surface area contributed by atoms with Crippen LogP contribution in [0.1, 0.15) is 29.0 Å². The maximum Gasteiger partial charge on any atom is 0.407 e. The van der Waals surface area contributed by atoms with E-state index in [-0.39, 0.29) is 24.9 Å². The van der Waals surface area contributed by atoms with Crippen molar-refractivity contribution >= 4 is 12.1 Å².